The molecule has 0 spiro atoms. The quantitative estimate of drug-likeness (QED) is 0.751. The van der Waals surface area contributed by atoms with Gasteiger partial charge in [0.2, 0.25) is 0 Å². The third-order valence-corrected chi connectivity index (χ3v) is 3.72. The maximum absolute atomic E-state index is 9.66. The highest BCUT2D eigenvalue weighted by molar-refractivity contribution is 7.99. The van der Waals surface area contributed by atoms with E-state index < -0.39 is 5.60 Å². The van der Waals surface area contributed by atoms with Crippen molar-refractivity contribution in [1.82, 2.24) is 14.8 Å². The Labute approximate surface area is 106 Å². The molecule has 5 nitrogen and oxygen atoms in total. The van der Waals surface area contributed by atoms with E-state index in [1.807, 2.05) is 13.8 Å². The Kier molecular flexibility index (Phi) is 3.75. The van der Waals surface area contributed by atoms with Crippen molar-refractivity contribution in [2.45, 2.75) is 56.5 Å². The molecule has 0 unspecified atom stereocenters. The number of rotatable bonds is 6. The van der Waals surface area contributed by atoms with Crippen LogP contribution in [0.15, 0.2) is 5.16 Å². The number of aliphatic hydroxyl groups is 1. The first-order valence-corrected chi connectivity index (χ1v) is 6.99. The second-order valence-corrected chi connectivity index (χ2v) is 6.18. The van der Waals surface area contributed by atoms with Crippen molar-refractivity contribution >= 4 is 11.8 Å². The van der Waals surface area contributed by atoms with Crippen LogP contribution in [-0.2, 0) is 6.54 Å². The number of thioether (sulfide) groups is 1. The van der Waals surface area contributed by atoms with Gasteiger partial charge in [-0.2, -0.15) is 0 Å². The Hall–Kier alpha value is -0.590. The van der Waals surface area contributed by atoms with Crippen LogP contribution >= 0.6 is 11.8 Å². The fourth-order valence-corrected chi connectivity index (χ4v) is 2.91. The molecule has 1 saturated carbocycles. The van der Waals surface area contributed by atoms with Gasteiger partial charge >= 0.3 is 0 Å². The molecule has 0 aromatic carbocycles. The van der Waals surface area contributed by atoms with E-state index in [2.05, 4.69) is 14.8 Å². The zero-order chi connectivity index (χ0) is 12.5. The van der Waals surface area contributed by atoms with Crippen LogP contribution in [0.4, 0.5) is 0 Å². The lowest BCUT2D eigenvalue weighted by Gasteiger charge is -2.16. The minimum Gasteiger partial charge on any atom is -0.390 e. The molecule has 2 rings (SSSR count). The van der Waals surface area contributed by atoms with Gasteiger partial charge in [0.15, 0.2) is 5.16 Å². The SMILES string of the molecule is CC(C)(O)CCSc1nnc(CN)n1C1CC1. The van der Waals surface area contributed by atoms with Crippen LogP contribution in [0, 0.1) is 0 Å². The molecule has 1 heterocycles. The Bertz CT molecular complexity index is 381. The number of hydrogen-bond donors (Lipinski definition) is 2. The van der Waals surface area contributed by atoms with E-state index in [9.17, 15) is 5.11 Å². The summed E-state index contributed by atoms with van der Waals surface area (Å²) in [5, 5.41) is 18.9. The first-order chi connectivity index (χ1) is 8.01. The van der Waals surface area contributed by atoms with Crippen molar-refractivity contribution in [3.63, 3.8) is 0 Å². The van der Waals surface area contributed by atoms with Gasteiger partial charge in [-0.05, 0) is 33.1 Å². The highest BCUT2D eigenvalue weighted by atomic mass is 32.2. The molecule has 17 heavy (non-hydrogen) atoms. The smallest absolute Gasteiger partial charge is 0.191 e. The third-order valence-electron chi connectivity index (χ3n) is 2.77. The fraction of sp³-hybridized carbons (Fsp3) is 0.818. The molecule has 1 aromatic heterocycles. The predicted molar refractivity (Wildman–Crippen MR) is 67.8 cm³/mol. The van der Waals surface area contributed by atoms with Crippen LogP contribution in [0.2, 0.25) is 0 Å². The van der Waals surface area contributed by atoms with E-state index in [4.69, 9.17) is 5.73 Å². The van der Waals surface area contributed by atoms with Crippen molar-refractivity contribution in [2.75, 3.05) is 5.75 Å². The van der Waals surface area contributed by atoms with Gasteiger partial charge in [-0.3, -0.25) is 0 Å². The van der Waals surface area contributed by atoms with Gasteiger partial charge in [0.1, 0.15) is 5.82 Å². The van der Waals surface area contributed by atoms with E-state index in [-0.39, 0.29) is 0 Å². The molecule has 0 aliphatic heterocycles. The lowest BCUT2D eigenvalue weighted by Crippen LogP contribution is -2.19. The molecule has 1 fully saturated rings. The van der Waals surface area contributed by atoms with Gasteiger partial charge in [-0.1, -0.05) is 11.8 Å². The Morgan fingerprint density at radius 2 is 2.18 bits per heavy atom. The molecule has 0 amide bonds. The number of hydrogen-bond acceptors (Lipinski definition) is 5. The topological polar surface area (TPSA) is 77.0 Å². The van der Waals surface area contributed by atoms with Gasteiger partial charge in [-0.15, -0.1) is 10.2 Å². The summed E-state index contributed by atoms with van der Waals surface area (Å²) in [6, 6.07) is 0.549. The van der Waals surface area contributed by atoms with Crippen LogP contribution in [-0.4, -0.2) is 31.2 Å². The molecule has 0 atom stereocenters. The Morgan fingerprint density at radius 3 is 2.71 bits per heavy atom. The van der Waals surface area contributed by atoms with Crippen molar-refractivity contribution in [2.24, 2.45) is 5.73 Å². The van der Waals surface area contributed by atoms with Gasteiger partial charge in [-0.25, -0.2) is 0 Å². The molecule has 0 bridgehead atoms. The van der Waals surface area contributed by atoms with Crippen LogP contribution in [0.3, 0.4) is 0 Å². The zero-order valence-corrected chi connectivity index (χ0v) is 11.2. The van der Waals surface area contributed by atoms with Gasteiger partial charge in [0, 0.05) is 11.8 Å². The van der Waals surface area contributed by atoms with Crippen LogP contribution < -0.4 is 5.73 Å². The van der Waals surface area contributed by atoms with Crippen LogP contribution in [0.1, 0.15) is 45.0 Å². The highest BCUT2D eigenvalue weighted by Crippen LogP contribution is 2.38. The minimum absolute atomic E-state index is 0.440. The molecule has 0 saturated heterocycles. The average Bonchev–Trinajstić information content (AvgIpc) is 2.99. The monoisotopic (exact) mass is 256 g/mol. The summed E-state index contributed by atoms with van der Waals surface area (Å²) in [7, 11) is 0. The zero-order valence-electron chi connectivity index (χ0n) is 10.4. The van der Waals surface area contributed by atoms with Crippen molar-refractivity contribution in [3.8, 4) is 0 Å². The van der Waals surface area contributed by atoms with Crippen LogP contribution in [0.5, 0.6) is 0 Å². The summed E-state index contributed by atoms with van der Waals surface area (Å²) >= 11 is 1.65. The van der Waals surface area contributed by atoms with E-state index in [0.717, 1.165) is 23.2 Å². The average molecular weight is 256 g/mol. The van der Waals surface area contributed by atoms with Gasteiger partial charge in [0.25, 0.3) is 0 Å². The first-order valence-electron chi connectivity index (χ1n) is 6.00. The van der Waals surface area contributed by atoms with Crippen molar-refractivity contribution in [3.05, 3.63) is 5.82 Å². The molecule has 1 aromatic rings. The molecule has 96 valence electrons. The molecule has 0 radical (unpaired) electrons. The number of aromatic nitrogens is 3. The number of nitrogens with zero attached hydrogens (tertiary/aromatic N) is 3. The Balaban J connectivity index is 1.98. The second kappa shape index (κ2) is 4.96. The fourth-order valence-electron chi connectivity index (χ4n) is 1.64. The van der Waals surface area contributed by atoms with Crippen molar-refractivity contribution in [1.29, 1.82) is 0 Å². The standard InChI is InChI=1S/C11H20N4OS/c1-11(2,16)5-6-17-10-14-13-9(7-12)15(10)8-3-4-8/h8,16H,3-7,12H2,1-2H3. The summed E-state index contributed by atoms with van der Waals surface area (Å²) in [5.41, 5.74) is 5.04. The largest absolute Gasteiger partial charge is 0.390 e. The first kappa shape index (κ1) is 12.9. The summed E-state index contributed by atoms with van der Waals surface area (Å²) < 4.78 is 2.16. The third kappa shape index (κ3) is 3.43. The van der Waals surface area contributed by atoms with Gasteiger partial charge in [0.05, 0.1) is 12.1 Å². The molecule has 3 N–H and O–H groups in total. The summed E-state index contributed by atoms with van der Waals surface area (Å²) in [5.74, 6) is 1.72. The Morgan fingerprint density at radius 1 is 1.47 bits per heavy atom. The highest BCUT2D eigenvalue weighted by Gasteiger charge is 2.29. The molecule has 6 heteroatoms. The van der Waals surface area contributed by atoms with Crippen molar-refractivity contribution < 1.29 is 5.11 Å². The molecular formula is C11H20N4OS. The van der Waals surface area contributed by atoms with E-state index in [1.165, 1.54) is 12.8 Å². The summed E-state index contributed by atoms with van der Waals surface area (Å²) in [6.07, 6.45) is 3.14. The van der Waals surface area contributed by atoms with E-state index in [1.54, 1.807) is 11.8 Å². The number of nitrogens with two attached hydrogens (primary N) is 1. The molecule has 1 aliphatic rings. The molecule has 1 aliphatic carbocycles. The van der Waals surface area contributed by atoms with E-state index >= 15 is 0 Å². The maximum Gasteiger partial charge on any atom is 0.191 e. The lowest BCUT2D eigenvalue weighted by atomic mass is 10.1. The second-order valence-electron chi connectivity index (χ2n) is 5.11. The summed E-state index contributed by atoms with van der Waals surface area (Å²) in [4.78, 5) is 0. The molecular weight excluding hydrogens is 236 g/mol. The maximum atomic E-state index is 9.66. The summed E-state index contributed by atoms with van der Waals surface area (Å²) in [6.45, 7) is 4.09. The predicted octanol–water partition coefficient (Wildman–Crippen LogP) is 1.32. The minimum atomic E-state index is -0.617. The van der Waals surface area contributed by atoms with Crippen LogP contribution in [0.25, 0.3) is 0 Å². The van der Waals surface area contributed by atoms with E-state index in [0.29, 0.717) is 12.6 Å². The van der Waals surface area contributed by atoms with Gasteiger partial charge < -0.3 is 15.4 Å². The normalized spacial score (nSPS) is 16.5. The lowest BCUT2D eigenvalue weighted by molar-refractivity contribution is 0.0777.